The van der Waals surface area contributed by atoms with Crippen molar-refractivity contribution in [3.8, 4) is 5.75 Å². The highest BCUT2D eigenvalue weighted by Gasteiger charge is 2.16. The fourth-order valence-electron chi connectivity index (χ4n) is 1.54. The topological polar surface area (TPSA) is 66.8 Å². The molecule has 2 N–H and O–H groups in total. The molecule has 0 saturated heterocycles. The Labute approximate surface area is 94.5 Å². The third-order valence-corrected chi connectivity index (χ3v) is 2.43. The monoisotopic (exact) mass is 224 g/mol. The number of aliphatic hydroxyl groups is 1. The summed E-state index contributed by atoms with van der Waals surface area (Å²) >= 11 is 0. The molecule has 0 bridgehead atoms. The van der Waals surface area contributed by atoms with Crippen LogP contribution in [0.2, 0.25) is 0 Å². The van der Waals surface area contributed by atoms with Crippen molar-refractivity contribution >= 4 is 5.97 Å². The molecule has 88 valence electrons. The third-order valence-electron chi connectivity index (χ3n) is 2.43. The largest absolute Gasteiger partial charge is 0.496 e. The summed E-state index contributed by atoms with van der Waals surface area (Å²) in [7, 11) is 1.50. The molecule has 0 aliphatic rings. The molecule has 4 heteroatoms. The summed E-state index contributed by atoms with van der Waals surface area (Å²) in [4.78, 5) is 10.5. The number of carbonyl (C=O) groups is 1. The summed E-state index contributed by atoms with van der Waals surface area (Å²) < 4.78 is 5.09. The van der Waals surface area contributed by atoms with Crippen LogP contribution < -0.4 is 4.74 Å². The second-order valence-corrected chi connectivity index (χ2v) is 3.54. The first-order chi connectivity index (χ1) is 7.58. The summed E-state index contributed by atoms with van der Waals surface area (Å²) in [5, 5.41) is 18.4. The Hall–Kier alpha value is -1.55. The number of methoxy groups -OCH3 is 1. The molecule has 0 aliphatic carbocycles. The fraction of sp³-hybridized carbons (Fsp3) is 0.417. The average Bonchev–Trinajstić information content (AvgIpc) is 2.27. The maximum Gasteiger partial charge on any atom is 0.306 e. The van der Waals surface area contributed by atoms with E-state index in [9.17, 15) is 9.90 Å². The number of hydrogen-bond acceptors (Lipinski definition) is 3. The molecule has 0 amide bonds. The lowest BCUT2D eigenvalue weighted by atomic mass is 10.0. The van der Waals surface area contributed by atoms with Crippen LogP contribution in [-0.4, -0.2) is 23.3 Å². The molecule has 1 rings (SSSR count). The number of benzene rings is 1. The maximum atomic E-state index is 10.5. The van der Waals surface area contributed by atoms with Crippen LogP contribution in [-0.2, 0) is 11.2 Å². The Balaban J connectivity index is 3.02. The molecule has 0 aliphatic heterocycles. The lowest BCUT2D eigenvalue weighted by Crippen LogP contribution is -2.07. The molecule has 0 spiro atoms. The van der Waals surface area contributed by atoms with Crippen LogP contribution in [0, 0.1) is 0 Å². The SMILES string of the molecule is CCc1ccc(OC)c(C(O)CC(=O)O)c1. The second kappa shape index (κ2) is 5.51. The van der Waals surface area contributed by atoms with Crippen molar-refractivity contribution in [3.63, 3.8) is 0 Å². The average molecular weight is 224 g/mol. The van der Waals surface area contributed by atoms with Gasteiger partial charge in [-0.3, -0.25) is 4.79 Å². The Morgan fingerprint density at radius 3 is 2.69 bits per heavy atom. The first-order valence-corrected chi connectivity index (χ1v) is 5.15. The molecule has 16 heavy (non-hydrogen) atoms. The van der Waals surface area contributed by atoms with Gasteiger partial charge in [-0.2, -0.15) is 0 Å². The van der Waals surface area contributed by atoms with E-state index in [-0.39, 0.29) is 6.42 Å². The fourth-order valence-corrected chi connectivity index (χ4v) is 1.54. The molecule has 1 aromatic carbocycles. The van der Waals surface area contributed by atoms with Gasteiger partial charge in [-0.1, -0.05) is 13.0 Å². The molecule has 4 nitrogen and oxygen atoms in total. The summed E-state index contributed by atoms with van der Waals surface area (Å²) in [6.45, 7) is 2.00. The van der Waals surface area contributed by atoms with Crippen molar-refractivity contribution in [1.82, 2.24) is 0 Å². The number of aliphatic carboxylic acids is 1. The number of ether oxygens (including phenoxy) is 1. The lowest BCUT2D eigenvalue weighted by Gasteiger charge is -2.14. The van der Waals surface area contributed by atoms with E-state index in [1.165, 1.54) is 7.11 Å². The number of carboxylic acid groups (broad SMARTS) is 1. The van der Waals surface area contributed by atoms with E-state index in [2.05, 4.69) is 0 Å². The van der Waals surface area contributed by atoms with Gasteiger partial charge in [0.15, 0.2) is 0 Å². The Bertz CT molecular complexity index is 373. The van der Waals surface area contributed by atoms with Crippen molar-refractivity contribution in [3.05, 3.63) is 29.3 Å². The van der Waals surface area contributed by atoms with Gasteiger partial charge >= 0.3 is 5.97 Å². The van der Waals surface area contributed by atoms with Gasteiger partial charge in [0.25, 0.3) is 0 Å². The van der Waals surface area contributed by atoms with Gasteiger partial charge in [0.05, 0.1) is 19.6 Å². The number of rotatable bonds is 5. The third kappa shape index (κ3) is 2.97. The quantitative estimate of drug-likeness (QED) is 0.799. The van der Waals surface area contributed by atoms with Gasteiger partial charge in [0, 0.05) is 5.56 Å². The molecule has 0 saturated carbocycles. The summed E-state index contributed by atoms with van der Waals surface area (Å²) in [6.07, 6.45) is -0.515. The minimum Gasteiger partial charge on any atom is -0.496 e. The Kier molecular flexibility index (Phi) is 4.31. The minimum atomic E-state index is -1.03. The van der Waals surface area contributed by atoms with Crippen molar-refractivity contribution in [2.45, 2.75) is 25.9 Å². The highest BCUT2D eigenvalue weighted by Crippen LogP contribution is 2.28. The minimum absolute atomic E-state index is 0.316. The van der Waals surface area contributed by atoms with Gasteiger partial charge in [0.1, 0.15) is 5.75 Å². The molecule has 1 unspecified atom stereocenters. The van der Waals surface area contributed by atoms with E-state index in [0.717, 1.165) is 12.0 Å². The first kappa shape index (κ1) is 12.5. The maximum absolute atomic E-state index is 10.5. The van der Waals surface area contributed by atoms with Crippen molar-refractivity contribution in [2.75, 3.05) is 7.11 Å². The highest BCUT2D eigenvalue weighted by atomic mass is 16.5. The van der Waals surface area contributed by atoms with E-state index in [0.29, 0.717) is 11.3 Å². The van der Waals surface area contributed by atoms with Crippen LogP contribution >= 0.6 is 0 Å². The predicted octanol–water partition coefficient (Wildman–Crippen LogP) is 1.77. The molecule has 0 heterocycles. The van der Waals surface area contributed by atoms with Crippen molar-refractivity contribution in [1.29, 1.82) is 0 Å². The van der Waals surface area contributed by atoms with Gasteiger partial charge in [-0.05, 0) is 24.1 Å². The van der Waals surface area contributed by atoms with Crippen LogP contribution in [0.5, 0.6) is 5.75 Å². The van der Waals surface area contributed by atoms with Gasteiger partial charge < -0.3 is 14.9 Å². The molecule has 0 aromatic heterocycles. The van der Waals surface area contributed by atoms with E-state index in [1.807, 2.05) is 13.0 Å². The number of hydrogen-bond donors (Lipinski definition) is 2. The van der Waals surface area contributed by atoms with Crippen LogP contribution in [0.25, 0.3) is 0 Å². The highest BCUT2D eigenvalue weighted by molar-refractivity contribution is 5.68. The molecule has 1 aromatic rings. The normalized spacial score (nSPS) is 12.2. The Morgan fingerprint density at radius 1 is 1.50 bits per heavy atom. The molecule has 0 radical (unpaired) electrons. The first-order valence-electron chi connectivity index (χ1n) is 5.15. The summed E-state index contributed by atoms with van der Waals surface area (Å²) in [5.41, 5.74) is 1.57. The van der Waals surface area contributed by atoms with E-state index >= 15 is 0 Å². The van der Waals surface area contributed by atoms with Gasteiger partial charge in [-0.15, -0.1) is 0 Å². The van der Waals surface area contributed by atoms with Crippen LogP contribution in [0.4, 0.5) is 0 Å². The predicted molar refractivity (Wildman–Crippen MR) is 59.6 cm³/mol. The van der Waals surface area contributed by atoms with Crippen molar-refractivity contribution < 1.29 is 19.7 Å². The van der Waals surface area contributed by atoms with Crippen molar-refractivity contribution in [2.24, 2.45) is 0 Å². The smallest absolute Gasteiger partial charge is 0.306 e. The van der Waals surface area contributed by atoms with Crippen LogP contribution in [0.15, 0.2) is 18.2 Å². The molecular formula is C12H16O4. The number of aliphatic hydroxyl groups excluding tert-OH is 1. The van der Waals surface area contributed by atoms with Gasteiger partial charge in [0.2, 0.25) is 0 Å². The molecule has 1 atom stereocenters. The zero-order valence-electron chi connectivity index (χ0n) is 9.43. The van der Waals surface area contributed by atoms with E-state index in [4.69, 9.17) is 9.84 Å². The molecular weight excluding hydrogens is 208 g/mol. The standard InChI is InChI=1S/C12H16O4/c1-3-8-4-5-11(16-2)9(6-8)10(13)7-12(14)15/h4-6,10,13H,3,7H2,1-2H3,(H,14,15). The van der Waals surface area contributed by atoms with Crippen LogP contribution in [0.1, 0.15) is 30.6 Å². The number of carboxylic acids is 1. The lowest BCUT2D eigenvalue weighted by molar-refractivity contribution is -0.139. The van der Waals surface area contributed by atoms with Gasteiger partial charge in [-0.25, -0.2) is 0 Å². The number of aryl methyl sites for hydroxylation is 1. The van der Waals surface area contributed by atoms with Crippen LogP contribution in [0.3, 0.4) is 0 Å². The summed E-state index contributed by atoms with van der Waals surface area (Å²) in [5.74, 6) is -0.512. The van der Waals surface area contributed by atoms with E-state index < -0.39 is 12.1 Å². The Morgan fingerprint density at radius 2 is 2.19 bits per heavy atom. The molecule has 0 fully saturated rings. The zero-order valence-corrected chi connectivity index (χ0v) is 9.43. The van der Waals surface area contributed by atoms with E-state index in [1.54, 1.807) is 12.1 Å². The zero-order chi connectivity index (χ0) is 12.1. The second-order valence-electron chi connectivity index (χ2n) is 3.54. The summed E-state index contributed by atoms with van der Waals surface area (Å²) in [6, 6.07) is 5.43.